The Bertz CT molecular complexity index is 1340. The molecule has 7 heteroatoms. The van der Waals surface area contributed by atoms with E-state index < -0.39 is 0 Å². The van der Waals surface area contributed by atoms with E-state index in [0.717, 1.165) is 53.7 Å². The van der Waals surface area contributed by atoms with Gasteiger partial charge in [-0.15, -0.1) is 0 Å². The van der Waals surface area contributed by atoms with Gasteiger partial charge < -0.3 is 20.0 Å². The highest BCUT2D eigenvalue weighted by molar-refractivity contribution is 5.96. The van der Waals surface area contributed by atoms with Gasteiger partial charge in [-0.2, -0.15) is 4.98 Å². The van der Waals surface area contributed by atoms with E-state index in [1.54, 1.807) is 0 Å². The van der Waals surface area contributed by atoms with Gasteiger partial charge in [-0.3, -0.25) is 4.79 Å². The van der Waals surface area contributed by atoms with Gasteiger partial charge >= 0.3 is 0 Å². The minimum absolute atomic E-state index is 0.0699. The summed E-state index contributed by atoms with van der Waals surface area (Å²) in [5.41, 5.74) is 2.52. The van der Waals surface area contributed by atoms with Gasteiger partial charge in [0.05, 0.1) is 11.1 Å². The third-order valence-corrected chi connectivity index (χ3v) is 6.96. The number of furan rings is 1. The monoisotopic (exact) mass is 483 g/mol. The van der Waals surface area contributed by atoms with Crippen molar-refractivity contribution in [3.63, 3.8) is 0 Å². The molecule has 0 unspecified atom stereocenters. The van der Waals surface area contributed by atoms with Gasteiger partial charge in [0.15, 0.2) is 0 Å². The zero-order valence-corrected chi connectivity index (χ0v) is 21.1. The van der Waals surface area contributed by atoms with Gasteiger partial charge in [-0.05, 0) is 56.7 Å². The molecule has 1 saturated carbocycles. The van der Waals surface area contributed by atoms with Crippen LogP contribution in [0.2, 0.25) is 0 Å². The molecule has 36 heavy (non-hydrogen) atoms. The summed E-state index contributed by atoms with van der Waals surface area (Å²) in [6.45, 7) is 2.52. The molecule has 1 fully saturated rings. The van der Waals surface area contributed by atoms with Crippen LogP contribution in [0.1, 0.15) is 41.8 Å². The van der Waals surface area contributed by atoms with Crippen LogP contribution < -0.4 is 15.5 Å². The number of carbonyl (C=O) groups excluding carboxylic acids is 1. The highest BCUT2D eigenvalue weighted by Crippen LogP contribution is 2.29. The minimum atomic E-state index is -0.0699. The summed E-state index contributed by atoms with van der Waals surface area (Å²) in [5, 5.41) is 7.74. The molecule has 2 heterocycles. The maximum absolute atomic E-state index is 12.8. The zero-order valence-electron chi connectivity index (χ0n) is 21.1. The Labute approximate surface area is 211 Å². The molecule has 0 bridgehead atoms. The van der Waals surface area contributed by atoms with Gasteiger partial charge in [0.1, 0.15) is 17.3 Å². The molecule has 1 aliphatic rings. The van der Waals surface area contributed by atoms with E-state index in [9.17, 15) is 4.79 Å². The van der Waals surface area contributed by atoms with Crippen molar-refractivity contribution in [3.05, 3.63) is 72.0 Å². The zero-order chi connectivity index (χ0) is 25.1. The van der Waals surface area contributed by atoms with Crippen molar-refractivity contribution in [2.75, 3.05) is 30.9 Å². The van der Waals surface area contributed by atoms with E-state index in [0.29, 0.717) is 35.8 Å². The molecule has 2 N–H and O–H groups in total. The number of rotatable bonds is 7. The Morgan fingerprint density at radius 3 is 2.47 bits per heavy atom. The van der Waals surface area contributed by atoms with Crippen LogP contribution in [-0.4, -0.2) is 42.6 Å². The molecule has 0 radical (unpaired) electrons. The maximum atomic E-state index is 12.8. The predicted octanol–water partition coefficient (Wildman–Crippen LogP) is 5.66. The van der Waals surface area contributed by atoms with Gasteiger partial charge in [-0.1, -0.05) is 42.5 Å². The average Bonchev–Trinajstić information content (AvgIpc) is 3.29. The molecular weight excluding hydrogens is 450 g/mol. The lowest BCUT2D eigenvalue weighted by atomic mass is 9.86. The summed E-state index contributed by atoms with van der Waals surface area (Å²) < 4.78 is 5.85. The summed E-state index contributed by atoms with van der Waals surface area (Å²) >= 11 is 0. The molecule has 0 aliphatic heterocycles. The Morgan fingerprint density at radius 2 is 1.72 bits per heavy atom. The molecule has 4 aromatic rings. The van der Waals surface area contributed by atoms with Crippen LogP contribution in [0, 0.1) is 12.8 Å². The second-order valence-electron chi connectivity index (χ2n) is 9.80. The van der Waals surface area contributed by atoms with Gasteiger partial charge in [0.25, 0.3) is 5.91 Å². The van der Waals surface area contributed by atoms with Crippen LogP contribution in [-0.2, 0) is 0 Å². The van der Waals surface area contributed by atoms with Crippen molar-refractivity contribution < 1.29 is 9.21 Å². The first kappa shape index (κ1) is 23.9. The number of aryl methyl sites for hydroxylation is 1. The molecule has 2 aromatic heterocycles. The summed E-state index contributed by atoms with van der Waals surface area (Å²) in [7, 11) is 4.01. The fraction of sp³-hybridized carbons (Fsp3) is 0.345. The summed E-state index contributed by atoms with van der Waals surface area (Å²) in [6, 6.07) is 20.1. The van der Waals surface area contributed by atoms with E-state index in [-0.39, 0.29) is 5.91 Å². The molecule has 0 spiro atoms. The Balaban J connectivity index is 1.15. The highest BCUT2D eigenvalue weighted by atomic mass is 16.3. The van der Waals surface area contributed by atoms with E-state index in [1.807, 2.05) is 80.5 Å². The molecule has 186 valence electrons. The van der Waals surface area contributed by atoms with Crippen molar-refractivity contribution in [1.29, 1.82) is 0 Å². The van der Waals surface area contributed by atoms with Crippen LogP contribution in [0.25, 0.3) is 22.2 Å². The number of carbonyl (C=O) groups is 1. The van der Waals surface area contributed by atoms with Crippen molar-refractivity contribution in [2.45, 2.75) is 38.6 Å². The number of nitrogens with zero attached hydrogens (tertiary/aromatic N) is 3. The molecule has 1 aliphatic carbocycles. The number of benzene rings is 2. The number of aromatic nitrogens is 2. The van der Waals surface area contributed by atoms with Crippen LogP contribution in [0.3, 0.4) is 0 Å². The average molecular weight is 484 g/mol. The van der Waals surface area contributed by atoms with Crippen molar-refractivity contribution in [3.8, 4) is 11.3 Å². The Hall–Kier alpha value is -3.87. The number of para-hydroxylation sites is 1. The fourth-order valence-corrected chi connectivity index (χ4v) is 4.94. The van der Waals surface area contributed by atoms with Gasteiger partial charge in [0, 0.05) is 37.6 Å². The lowest BCUT2D eigenvalue weighted by Crippen LogP contribution is -2.34. The molecule has 7 nitrogen and oxygen atoms in total. The number of anilines is 2. The number of fused-ring (bicyclic) bond motifs is 1. The standard InChI is InChI=1S/C29H33N5O2/c1-19-24(17-26(36-19)21-9-5-4-6-10-21)28(35)30-18-20-13-15-22(16-14-20)31-29-32-25-12-8-7-11-23(25)27(33-29)34(2)3/h4-12,17,20,22H,13-16,18H2,1-3H3,(H,30,35)(H,31,32,33). The largest absolute Gasteiger partial charge is 0.461 e. The van der Waals surface area contributed by atoms with Crippen LogP contribution in [0.4, 0.5) is 11.8 Å². The van der Waals surface area contributed by atoms with Crippen molar-refractivity contribution in [1.82, 2.24) is 15.3 Å². The fourth-order valence-electron chi connectivity index (χ4n) is 4.94. The van der Waals surface area contributed by atoms with E-state index in [1.165, 1.54) is 0 Å². The lowest BCUT2D eigenvalue weighted by molar-refractivity contribution is 0.0941. The smallest absolute Gasteiger partial charge is 0.254 e. The highest BCUT2D eigenvalue weighted by Gasteiger charge is 2.24. The molecule has 1 amide bonds. The number of hydrogen-bond acceptors (Lipinski definition) is 6. The first-order valence-electron chi connectivity index (χ1n) is 12.6. The van der Waals surface area contributed by atoms with E-state index >= 15 is 0 Å². The van der Waals surface area contributed by atoms with E-state index in [2.05, 4.69) is 16.7 Å². The molecule has 0 atom stereocenters. The molecule has 0 saturated heterocycles. The number of hydrogen-bond donors (Lipinski definition) is 2. The van der Waals surface area contributed by atoms with Gasteiger partial charge in [-0.25, -0.2) is 4.98 Å². The first-order valence-corrected chi connectivity index (χ1v) is 12.6. The number of nitrogens with one attached hydrogen (secondary N) is 2. The minimum Gasteiger partial charge on any atom is -0.461 e. The summed E-state index contributed by atoms with van der Waals surface area (Å²) in [4.78, 5) is 24.4. The second kappa shape index (κ2) is 10.4. The molecule has 2 aromatic carbocycles. The SMILES string of the molecule is Cc1oc(-c2ccccc2)cc1C(=O)NCC1CCC(Nc2nc(N(C)C)c3ccccc3n2)CC1. The van der Waals surface area contributed by atoms with Crippen molar-refractivity contribution in [2.24, 2.45) is 5.92 Å². The van der Waals surface area contributed by atoms with E-state index in [4.69, 9.17) is 14.4 Å². The predicted molar refractivity (Wildman–Crippen MR) is 144 cm³/mol. The molecular formula is C29H33N5O2. The first-order chi connectivity index (χ1) is 17.5. The summed E-state index contributed by atoms with van der Waals surface area (Å²) in [6.07, 6.45) is 4.14. The van der Waals surface area contributed by atoms with Crippen LogP contribution in [0.5, 0.6) is 0 Å². The Morgan fingerprint density at radius 1 is 1.00 bits per heavy atom. The third-order valence-electron chi connectivity index (χ3n) is 6.96. The second-order valence-corrected chi connectivity index (χ2v) is 9.80. The third kappa shape index (κ3) is 5.20. The van der Waals surface area contributed by atoms with Crippen LogP contribution >= 0.6 is 0 Å². The maximum Gasteiger partial charge on any atom is 0.254 e. The lowest BCUT2D eigenvalue weighted by Gasteiger charge is -2.29. The van der Waals surface area contributed by atoms with Crippen LogP contribution in [0.15, 0.2) is 65.1 Å². The normalized spacial score (nSPS) is 17.6. The summed E-state index contributed by atoms with van der Waals surface area (Å²) in [5.74, 6) is 3.36. The van der Waals surface area contributed by atoms with Gasteiger partial charge in [0.2, 0.25) is 5.95 Å². The molecule has 5 rings (SSSR count). The number of amides is 1. The van der Waals surface area contributed by atoms with Crippen molar-refractivity contribution >= 4 is 28.6 Å². The topological polar surface area (TPSA) is 83.3 Å². The quantitative estimate of drug-likeness (QED) is 0.353. The Kier molecular flexibility index (Phi) is 6.89.